The zero-order valence-corrected chi connectivity index (χ0v) is 16.7. The topological polar surface area (TPSA) is 63.6 Å². The van der Waals surface area contributed by atoms with E-state index >= 15 is 0 Å². The van der Waals surface area contributed by atoms with Crippen molar-refractivity contribution in [3.63, 3.8) is 0 Å². The summed E-state index contributed by atoms with van der Waals surface area (Å²) in [6.07, 6.45) is 7.65. The van der Waals surface area contributed by atoms with Gasteiger partial charge in [0.05, 0.1) is 6.10 Å². The highest BCUT2D eigenvalue weighted by Crippen LogP contribution is 2.26. The summed E-state index contributed by atoms with van der Waals surface area (Å²) in [6.45, 7) is 11.5. The Hall–Kier alpha value is -1.68. The van der Waals surface area contributed by atoms with Crippen LogP contribution in [-0.4, -0.2) is 29.6 Å². The van der Waals surface area contributed by atoms with Crippen molar-refractivity contribution in [2.75, 3.05) is 6.61 Å². The van der Waals surface area contributed by atoms with E-state index in [1.807, 2.05) is 13.8 Å². The van der Waals surface area contributed by atoms with E-state index in [1.165, 1.54) is 12.5 Å². The second-order valence-corrected chi connectivity index (χ2v) is 7.58. The van der Waals surface area contributed by atoms with Crippen LogP contribution in [0.25, 0.3) is 0 Å². The Kier molecular flexibility index (Phi) is 9.57. The fraction of sp³-hybridized carbons (Fsp3) is 0.636. The van der Waals surface area contributed by atoms with Gasteiger partial charge in [-0.05, 0) is 51.5 Å². The maximum Gasteiger partial charge on any atom is 0.302 e. The van der Waals surface area contributed by atoms with E-state index in [4.69, 9.17) is 4.74 Å². The van der Waals surface area contributed by atoms with E-state index in [0.29, 0.717) is 12.8 Å². The van der Waals surface area contributed by atoms with Crippen LogP contribution in [-0.2, 0) is 14.3 Å². The van der Waals surface area contributed by atoms with E-state index in [1.54, 1.807) is 6.08 Å². The molecule has 0 amide bonds. The van der Waals surface area contributed by atoms with Gasteiger partial charge in [-0.2, -0.15) is 0 Å². The van der Waals surface area contributed by atoms with Gasteiger partial charge in [0, 0.05) is 25.2 Å². The molecule has 0 aliphatic heterocycles. The molecule has 3 atom stereocenters. The maximum atomic E-state index is 12.4. The summed E-state index contributed by atoms with van der Waals surface area (Å²) >= 11 is 0. The Labute approximate surface area is 158 Å². The number of ether oxygens (including phenoxy) is 1. The predicted molar refractivity (Wildman–Crippen MR) is 105 cm³/mol. The average Bonchev–Trinajstić information content (AvgIpc) is 2.55. The Balaban J connectivity index is 3.05. The van der Waals surface area contributed by atoms with Crippen molar-refractivity contribution in [3.8, 4) is 0 Å². The maximum absolute atomic E-state index is 12.4. The minimum absolute atomic E-state index is 0.0186. The summed E-state index contributed by atoms with van der Waals surface area (Å²) in [5.74, 6) is -0.183. The standard InChI is InChI=1S/C22H34O4/c1-15(2)20-11-9-16(3)7-6-8-17(4)21(24)12-10-19(13-22(20)25)14-26-18(5)23/h7,13,17,20,22,25H,1,6,8-12,14H2,2-5H3/b16-7+,19-13?/t17?,20-,22+/m1/s1. The SMILES string of the molecule is C=C(C)[C@H]1CC/C(C)=C/CCC(C)C(=O)CCC(COC(C)=O)=C[C@@H]1O. The lowest BCUT2D eigenvalue weighted by Gasteiger charge is -2.23. The molecule has 0 spiro atoms. The first-order valence-electron chi connectivity index (χ1n) is 9.55. The van der Waals surface area contributed by atoms with Crippen LogP contribution in [0, 0.1) is 11.8 Å². The Morgan fingerprint density at radius 3 is 2.58 bits per heavy atom. The van der Waals surface area contributed by atoms with E-state index in [9.17, 15) is 14.7 Å². The highest BCUT2D eigenvalue weighted by molar-refractivity contribution is 5.80. The second-order valence-electron chi connectivity index (χ2n) is 7.58. The number of aliphatic hydroxyl groups is 1. The first-order chi connectivity index (χ1) is 12.2. The Morgan fingerprint density at radius 2 is 1.96 bits per heavy atom. The number of carbonyl (C=O) groups is 2. The van der Waals surface area contributed by atoms with E-state index in [0.717, 1.165) is 36.8 Å². The molecule has 0 radical (unpaired) electrons. The third-order valence-corrected chi connectivity index (χ3v) is 5.10. The number of hydrogen-bond acceptors (Lipinski definition) is 4. The lowest BCUT2D eigenvalue weighted by molar-refractivity contribution is -0.140. The molecule has 0 aromatic rings. The summed E-state index contributed by atoms with van der Waals surface area (Å²) < 4.78 is 5.11. The first-order valence-corrected chi connectivity index (χ1v) is 9.55. The molecule has 0 saturated heterocycles. The molecular formula is C22H34O4. The minimum Gasteiger partial charge on any atom is -0.461 e. The van der Waals surface area contributed by atoms with Crippen LogP contribution in [0.4, 0.5) is 0 Å². The van der Waals surface area contributed by atoms with Crippen LogP contribution in [0.5, 0.6) is 0 Å². The van der Waals surface area contributed by atoms with Gasteiger partial charge in [-0.1, -0.05) is 36.8 Å². The van der Waals surface area contributed by atoms with Gasteiger partial charge in [0.15, 0.2) is 0 Å². The van der Waals surface area contributed by atoms with E-state index in [2.05, 4.69) is 19.6 Å². The normalized spacial score (nSPS) is 28.3. The number of esters is 1. The van der Waals surface area contributed by atoms with Crippen molar-refractivity contribution in [2.45, 2.75) is 72.3 Å². The molecule has 0 aromatic carbocycles. The molecule has 0 heterocycles. The summed E-state index contributed by atoms with van der Waals surface area (Å²) in [7, 11) is 0. The summed E-state index contributed by atoms with van der Waals surface area (Å²) in [5.41, 5.74) is 3.01. The van der Waals surface area contributed by atoms with E-state index < -0.39 is 6.10 Å². The molecule has 1 aliphatic carbocycles. The molecule has 4 heteroatoms. The number of hydrogen-bond donors (Lipinski definition) is 1. The van der Waals surface area contributed by atoms with Gasteiger partial charge in [0.1, 0.15) is 12.4 Å². The molecule has 26 heavy (non-hydrogen) atoms. The van der Waals surface area contributed by atoms with Crippen molar-refractivity contribution < 1.29 is 19.4 Å². The van der Waals surface area contributed by atoms with Crippen LogP contribution in [0.3, 0.4) is 0 Å². The number of rotatable bonds is 3. The van der Waals surface area contributed by atoms with Gasteiger partial charge in [-0.25, -0.2) is 0 Å². The zero-order valence-electron chi connectivity index (χ0n) is 16.7. The second kappa shape index (κ2) is 11.1. The fourth-order valence-electron chi connectivity index (χ4n) is 3.22. The van der Waals surface area contributed by atoms with Gasteiger partial charge >= 0.3 is 5.97 Å². The van der Waals surface area contributed by atoms with Gasteiger partial charge < -0.3 is 9.84 Å². The molecule has 0 fully saturated rings. The van der Waals surface area contributed by atoms with Crippen molar-refractivity contribution in [1.29, 1.82) is 0 Å². The summed E-state index contributed by atoms with van der Waals surface area (Å²) in [4.78, 5) is 23.5. The number of allylic oxidation sites excluding steroid dienone is 2. The number of Topliss-reactive ketones (excluding diaryl/α,β-unsaturated/α-hetero) is 1. The van der Waals surface area contributed by atoms with Crippen LogP contribution >= 0.6 is 0 Å². The summed E-state index contributed by atoms with van der Waals surface area (Å²) in [6, 6.07) is 0. The van der Waals surface area contributed by atoms with Crippen molar-refractivity contribution in [3.05, 3.63) is 35.5 Å². The van der Waals surface area contributed by atoms with Crippen LogP contribution in [0.15, 0.2) is 35.5 Å². The molecule has 1 unspecified atom stereocenters. The molecule has 0 bridgehead atoms. The lowest BCUT2D eigenvalue weighted by Crippen LogP contribution is -2.21. The van der Waals surface area contributed by atoms with Gasteiger partial charge in [0.2, 0.25) is 0 Å². The molecule has 1 aliphatic rings. The van der Waals surface area contributed by atoms with Crippen molar-refractivity contribution in [2.24, 2.45) is 11.8 Å². The monoisotopic (exact) mass is 362 g/mol. The number of aliphatic hydroxyl groups excluding tert-OH is 1. The smallest absolute Gasteiger partial charge is 0.302 e. The molecule has 0 aromatic heterocycles. The lowest BCUT2D eigenvalue weighted by atomic mass is 9.86. The molecule has 1 N–H and O–H groups in total. The van der Waals surface area contributed by atoms with E-state index in [-0.39, 0.29) is 30.2 Å². The molecule has 146 valence electrons. The highest BCUT2D eigenvalue weighted by Gasteiger charge is 2.20. The van der Waals surface area contributed by atoms with Gasteiger partial charge in [-0.15, -0.1) is 0 Å². The van der Waals surface area contributed by atoms with Crippen molar-refractivity contribution >= 4 is 11.8 Å². The highest BCUT2D eigenvalue weighted by atomic mass is 16.5. The fourth-order valence-corrected chi connectivity index (χ4v) is 3.22. The van der Waals surface area contributed by atoms with Crippen LogP contribution in [0.2, 0.25) is 0 Å². The van der Waals surface area contributed by atoms with Crippen molar-refractivity contribution in [1.82, 2.24) is 0 Å². The largest absolute Gasteiger partial charge is 0.461 e. The zero-order chi connectivity index (χ0) is 19.7. The average molecular weight is 363 g/mol. The quantitative estimate of drug-likeness (QED) is 0.591. The summed E-state index contributed by atoms with van der Waals surface area (Å²) in [5, 5.41) is 10.7. The molecular weight excluding hydrogens is 328 g/mol. The Bertz CT molecular complexity index is 571. The molecule has 4 nitrogen and oxygen atoms in total. The third kappa shape index (κ3) is 8.13. The molecule has 1 rings (SSSR count). The first kappa shape index (κ1) is 22.4. The Morgan fingerprint density at radius 1 is 1.27 bits per heavy atom. The number of ketones is 1. The van der Waals surface area contributed by atoms with Gasteiger partial charge in [-0.3, -0.25) is 9.59 Å². The number of carbonyl (C=O) groups excluding carboxylic acids is 2. The molecule has 0 saturated carbocycles. The van der Waals surface area contributed by atoms with Crippen LogP contribution < -0.4 is 0 Å². The predicted octanol–water partition coefficient (Wildman–Crippen LogP) is 4.53. The van der Waals surface area contributed by atoms with Crippen LogP contribution in [0.1, 0.15) is 66.2 Å². The third-order valence-electron chi connectivity index (χ3n) is 5.10. The van der Waals surface area contributed by atoms with Gasteiger partial charge in [0.25, 0.3) is 0 Å². The minimum atomic E-state index is -0.693.